The van der Waals surface area contributed by atoms with Crippen LogP contribution in [0.3, 0.4) is 0 Å². The van der Waals surface area contributed by atoms with E-state index in [2.05, 4.69) is 4.98 Å². The Balaban J connectivity index is 1.93. The maximum absolute atomic E-state index is 12.7. The highest BCUT2D eigenvalue weighted by molar-refractivity contribution is 7.87. The molecule has 1 aliphatic heterocycles. The number of rotatable bonds is 4. The molecule has 1 aromatic heterocycles. The summed E-state index contributed by atoms with van der Waals surface area (Å²) in [7, 11) is -4.62. The molecule has 1 aliphatic rings. The van der Waals surface area contributed by atoms with Crippen molar-refractivity contribution in [3.63, 3.8) is 0 Å². The van der Waals surface area contributed by atoms with Crippen LogP contribution in [0.5, 0.6) is 0 Å². The molecule has 0 aromatic carbocycles. The number of amides is 1. The van der Waals surface area contributed by atoms with Crippen molar-refractivity contribution in [2.24, 2.45) is 0 Å². The molecular weight excluding hydrogens is 267 g/mol. The lowest BCUT2D eigenvalue weighted by Gasteiger charge is -2.14. The van der Waals surface area contributed by atoms with Crippen LogP contribution in [0, 0.1) is 0 Å². The van der Waals surface area contributed by atoms with Gasteiger partial charge in [-0.1, -0.05) is 0 Å². The molecule has 0 bridgehead atoms. The van der Waals surface area contributed by atoms with Gasteiger partial charge in [-0.15, -0.1) is 15.2 Å². The van der Waals surface area contributed by atoms with Crippen molar-refractivity contribution in [2.45, 2.75) is 18.1 Å². The van der Waals surface area contributed by atoms with Gasteiger partial charge in [0.2, 0.25) is 5.91 Å². The third-order valence-electron chi connectivity index (χ3n) is 2.66. The Hall–Kier alpha value is -1.02. The van der Waals surface area contributed by atoms with Crippen molar-refractivity contribution in [1.29, 1.82) is 0 Å². The fourth-order valence-electron chi connectivity index (χ4n) is 1.75. The molecule has 1 amide bonds. The van der Waals surface area contributed by atoms with Crippen LogP contribution >= 0.6 is 11.3 Å². The first-order valence-electron chi connectivity index (χ1n) is 5.06. The minimum atomic E-state index is -4.62. The third kappa shape index (κ3) is 3.01. The predicted octanol–water partition coefficient (Wildman–Crippen LogP) is 0.586. The lowest BCUT2D eigenvalue weighted by molar-refractivity contribution is -0.127. The molecule has 1 unspecified atom stereocenters. The summed E-state index contributed by atoms with van der Waals surface area (Å²) in [5.74, 6) is -0.312. The van der Waals surface area contributed by atoms with Crippen LogP contribution in [-0.4, -0.2) is 42.5 Å². The average Bonchev–Trinajstić information content (AvgIpc) is 2.83. The molecular formula is C9H11FN2O3S2. The van der Waals surface area contributed by atoms with Gasteiger partial charge >= 0.3 is 10.2 Å². The Morgan fingerprint density at radius 1 is 1.59 bits per heavy atom. The second kappa shape index (κ2) is 4.69. The SMILES string of the molecule is O=C1CC(S(=O)(=O)F)CN1CCc1nccs1. The van der Waals surface area contributed by atoms with Gasteiger partial charge in [0.25, 0.3) is 0 Å². The summed E-state index contributed by atoms with van der Waals surface area (Å²) in [6.45, 7) is 0.335. The highest BCUT2D eigenvalue weighted by atomic mass is 32.3. The summed E-state index contributed by atoms with van der Waals surface area (Å²) in [4.78, 5) is 16.9. The van der Waals surface area contributed by atoms with Crippen molar-refractivity contribution in [3.8, 4) is 0 Å². The van der Waals surface area contributed by atoms with Crippen molar-refractivity contribution < 1.29 is 17.1 Å². The van der Waals surface area contributed by atoms with E-state index in [1.807, 2.05) is 5.38 Å². The Kier molecular flexibility index (Phi) is 3.43. The molecule has 0 N–H and O–H groups in total. The monoisotopic (exact) mass is 278 g/mol. The number of carbonyl (C=O) groups excluding carboxylic acids is 1. The first-order chi connectivity index (χ1) is 7.97. The molecule has 2 rings (SSSR count). The highest BCUT2D eigenvalue weighted by Gasteiger charge is 2.38. The topological polar surface area (TPSA) is 67.3 Å². The van der Waals surface area contributed by atoms with Gasteiger partial charge in [0.1, 0.15) is 5.25 Å². The lowest BCUT2D eigenvalue weighted by Crippen LogP contribution is -2.29. The van der Waals surface area contributed by atoms with Crippen molar-refractivity contribution in [2.75, 3.05) is 13.1 Å². The quantitative estimate of drug-likeness (QED) is 0.756. The van der Waals surface area contributed by atoms with Crippen LogP contribution < -0.4 is 0 Å². The summed E-state index contributed by atoms with van der Waals surface area (Å²) < 4.78 is 34.1. The largest absolute Gasteiger partial charge is 0.341 e. The Morgan fingerprint density at radius 3 is 2.88 bits per heavy atom. The summed E-state index contributed by atoms with van der Waals surface area (Å²) in [5, 5.41) is 1.51. The van der Waals surface area contributed by atoms with Gasteiger partial charge in [-0.3, -0.25) is 4.79 Å². The van der Waals surface area contributed by atoms with Crippen LogP contribution in [0.4, 0.5) is 3.89 Å². The molecule has 1 saturated heterocycles. The van der Waals surface area contributed by atoms with Gasteiger partial charge < -0.3 is 4.90 Å². The van der Waals surface area contributed by atoms with E-state index in [-0.39, 0.29) is 18.9 Å². The molecule has 1 aromatic rings. The van der Waals surface area contributed by atoms with Crippen molar-refractivity contribution in [3.05, 3.63) is 16.6 Å². The van der Waals surface area contributed by atoms with Gasteiger partial charge in [0.15, 0.2) is 0 Å². The zero-order valence-corrected chi connectivity index (χ0v) is 10.5. The van der Waals surface area contributed by atoms with Crippen molar-refractivity contribution in [1.82, 2.24) is 9.88 Å². The van der Waals surface area contributed by atoms with Crippen LogP contribution in [-0.2, 0) is 21.4 Å². The molecule has 0 saturated carbocycles. The van der Waals surface area contributed by atoms with Crippen molar-refractivity contribution >= 4 is 27.5 Å². The molecule has 94 valence electrons. The fraction of sp³-hybridized carbons (Fsp3) is 0.556. The second-order valence-corrected chi connectivity index (χ2v) is 6.41. The minimum absolute atomic E-state index is 0.0525. The number of hydrogen-bond acceptors (Lipinski definition) is 5. The zero-order valence-electron chi connectivity index (χ0n) is 8.87. The summed E-state index contributed by atoms with van der Waals surface area (Å²) in [6.07, 6.45) is 1.99. The van der Waals surface area contributed by atoms with E-state index in [9.17, 15) is 17.1 Å². The van der Waals surface area contributed by atoms with E-state index in [1.165, 1.54) is 16.2 Å². The van der Waals surface area contributed by atoms with Crippen LogP contribution in [0.15, 0.2) is 11.6 Å². The Bertz CT molecular complexity index is 500. The lowest BCUT2D eigenvalue weighted by atomic mass is 10.4. The minimum Gasteiger partial charge on any atom is -0.341 e. The number of thiazole rings is 1. The van der Waals surface area contributed by atoms with Crippen LogP contribution in [0.25, 0.3) is 0 Å². The second-order valence-electron chi connectivity index (χ2n) is 3.82. The summed E-state index contributed by atoms with van der Waals surface area (Å²) in [6, 6.07) is 0. The van der Waals surface area contributed by atoms with E-state index in [0.29, 0.717) is 13.0 Å². The van der Waals surface area contributed by atoms with Gasteiger partial charge in [0.05, 0.1) is 5.01 Å². The number of aromatic nitrogens is 1. The van der Waals surface area contributed by atoms with E-state index in [4.69, 9.17) is 0 Å². The number of likely N-dealkylation sites (tertiary alicyclic amines) is 1. The van der Waals surface area contributed by atoms with Gasteiger partial charge in [-0.2, -0.15) is 8.42 Å². The predicted molar refractivity (Wildman–Crippen MR) is 60.8 cm³/mol. The molecule has 0 radical (unpaired) electrons. The number of halogens is 1. The first kappa shape index (κ1) is 12.4. The summed E-state index contributed by atoms with van der Waals surface area (Å²) in [5.41, 5.74) is 0. The third-order valence-corrected chi connectivity index (χ3v) is 4.61. The summed E-state index contributed by atoms with van der Waals surface area (Å²) >= 11 is 1.47. The molecule has 1 atom stereocenters. The maximum Gasteiger partial charge on any atom is 0.307 e. The van der Waals surface area contributed by atoms with Gasteiger partial charge in [0, 0.05) is 37.5 Å². The number of carbonyl (C=O) groups is 1. The molecule has 5 nitrogen and oxygen atoms in total. The zero-order chi connectivity index (χ0) is 12.5. The highest BCUT2D eigenvalue weighted by Crippen LogP contribution is 2.20. The standard InChI is InChI=1S/C9H11FN2O3S2/c10-17(14,15)7-5-9(13)12(6-7)3-1-8-11-2-4-16-8/h2,4,7H,1,3,5-6H2. The normalized spacial score (nSPS) is 21.1. The van der Waals surface area contributed by atoms with E-state index < -0.39 is 15.5 Å². The molecule has 1 fully saturated rings. The fourth-order valence-corrected chi connectivity index (χ4v) is 3.06. The first-order valence-corrected chi connectivity index (χ1v) is 7.39. The van der Waals surface area contributed by atoms with Crippen LogP contribution in [0.1, 0.15) is 11.4 Å². The van der Waals surface area contributed by atoms with Crippen LogP contribution in [0.2, 0.25) is 0 Å². The van der Waals surface area contributed by atoms with E-state index in [1.54, 1.807) is 6.20 Å². The number of hydrogen-bond donors (Lipinski definition) is 0. The molecule has 2 heterocycles. The van der Waals surface area contributed by atoms with Gasteiger partial charge in [-0.05, 0) is 0 Å². The molecule has 0 aliphatic carbocycles. The average molecular weight is 278 g/mol. The van der Waals surface area contributed by atoms with Gasteiger partial charge in [-0.25, -0.2) is 4.98 Å². The Labute approximate surface area is 102 Å². The molecule has 8 heteroatoms. The number of nitrogens with zero attached hydrogens (tertiary/aromatic N) is 2. The maximum atomic E-state index is 12.7. The molecule has 17 heavy (non-hydrogen) atoms. The Morgan fingerprint density at radius 2 is 2.35 bits per heavy atom. The van der Waals surface area contributed by atoms with E-state index >= 15 is 0 Å². The smallest absolute Gasteiger partial charge is 0.307 e. The molecule has 0 spiro atoms. The van der Waals surface area contributed by atoms with E-state index in [0.717, 1.165) is 5.01 Å².